The predicted octanol–water partition coefficient (Wildman–Crippen LogP) is 2.63. The van der Waals surface area contributed by atoms with Crippen LogP contribution < -0.4 is 4.90 Å². The van der Waals surface area contributed by atoms with Gasteiger partial charge >= 0.3 is 0 Å². The van der Waals surface area contributed by atoms with Gasteiger partial charge < -0.3 is 9.64 Å². The van der Waals surface area contributed by atoms with E-state index in [9.17, 15) is 8.42 Å². The summed E-state index contributed by atoms with van der Waals surface area (Å²) in [6.45, 7) is 4.64. The third-order valence-electron chi connectivity index (χ3n) is 5.56. The van der Waals surface area contributed by atoms with Crippen molar-refractivity contribution in [3.63, 3.8) is 0 Å². The molecule has 0 saturated carbocycles. The summed E-state index contributed by atoms with van der Waals surface area (Å²) < 4.78 is 29.5. The number of H-pyrrole nitrogens is 1. The highest BCUT2D eigenvalue weighted by atomic mass is 32.2. The quantitative estimate of drug-likeness (QED) is 0.505. The molecule has 0 spiro atoms. The summed E-state index contributed by atoms with van der Waals surface area (Å²) in [5.41, 5.74) is 4.80. The van der Waals surface area contributed by atoms with Crippen molar-refractivity contribution in [2.75, 3.05) is 37.5 Å². The average Bonchev–Trinajstić information content (AvgIpc) is 3.33. The van der Waals surface area contributed by atoms with E-state index in [1.807, 2.05) is 25.1 Å². The second-order valence-corrected chi connectivity index (χ2v) is 9.73. The van der Waals surface area contributed by atoms with E-state index in [4.69, 9.17) is 9.72 Å². The van der Waals surface area contributed by atoms with Gasteiger partial charge in [-0.05, 0) is 42.3 Å². The first kappa shape index (κ1) is 20.5. The summed E-state index contributed by atoms with van der Waals surface area (Å²) in [5, 5.41) is 7.99. The highest BCUT2D eigenvalue weighted by Crippen LogP contribution is 2.36. The second-order valence-electron chi connectivity index (χ2n) is 7.76. The maximum absolute atomic E-state index is 12.0. The fraction of sp³-hybridized carbons (Fsp3) is 0.273. The Morgan fingerprint density at radius 3 is 2.56 bits per heavy atom. The van der Waals surface area contributed by atoms with Gasteiger partial charge in [0.1, 0.15) is 17.0 Å². The number of fused-ring (bicyclic) bond motifs is 1. The SMILES string of the molecule is Cc1cc(S(C)(=O)=O)ncc1-c1cc(N2CCOCC2)nc2c(-c3ccn[nH]3)nccc12. The van der Waals surface area contributed by atoms with E-state index < -0.39 is 9.84 Å². The Kier molecular flexibility index (Phi) is 5.10. The van der Waals surface area contributed by atoms with E-state index in [0.717, 1.165) is 58.5 Å². The Labute approximate surface area is 185 Å². The second kappa shape index (κ2) is 7.95. The number of aromatic nitrogens is 5. The van der Waals surface area contributed by atoms with E-state index in [0.29, 0.717) is 18.9 Å². The van der Waals surface area contributed by atoms with Gasteiger partial charge in [-0.2, -0.15) is 5.10 Å². The van der Waals surface area contributed by atoms with Crippen molar-refractivity contribution in [2.45, 2.75) is 11.9 Å². The monoisotopic (exact) mass is 450 g/mol. The first-order chi connectivity index (χ1) is 15.4. The maximum Gasteiger partial charge on any atom is 0.192 e. The Morgan fingerprint density at radius 1 is 1.06 bits per heavy atom. The van der Waals surface area contributed by atoms with E-state index in [1.165, 1.54) is 0 Å². The Hall–Kier alpha value is -3.37. The van der Waals surface area contributed by atoms with Crippen LogP contribution in [0.2, 0.25) is 0 Å². The van der Waals surface area contributed by atoms with Crippen LogP contribution in [0.15, 0.2) is 47.9 Å². The molecule has 164 valence electrons. The van der Waals surface area contributed by atoms with Gasteiger partial charge in [-0.25, -0.2) is 18.4 Å². The van der Waals surface area contributed by atoms with Crippen LogP contribution in [0.4, 0.5) is 5.82 Å². The lowest BCUT2D eigenvalue weighted by Crippen LogP contribution is -2.36. The van der Waals surface area contributed by atoms with E-state index in [1.54, 1.807) is 24.7 Å². The molecule has 32 heavy (non-hydrogen) atoms. The van der Waals surface area contributed by atoms with Gasteiger partial charge in [-0.15, -0.1) is 0 Å². The molecule has 1 N–H and O–H groups in total. The number of pyridine rings is 3. The molecule has 5 rings (SSSR count). The molecule has 1 aliphatic rings. The van der Waals surface area contributed by atoms with Crippen molar-refractivity contribution < 1.29 is 13.2 Å². The third-order valence-corrected chi connectivity index (χ3v) is 6.54. The number of anilines is 1. The molecule has 0 amide bonds. The third kappa shape index (κ3) is 3.71. The summed E-state index contributed by atoms with van der Waals surface area (Å²) in [4.78, 5) is 16.0. The summed E-state index contributed by atoms with van der Waals surface area (Å²) >= 11 is 0. The number of ether oxygens (including phenoxy) is 1. The van der Waals surface area contributed by atoms with Crippen molar-refractivity contribution in [3.05, 3.63) is 48.4 Å². The maximum atomic E-state index is 12.0. The Balaban J connectivity index is 1.77. The van der Waals surface area contributed by atoms with Crippen LogP contribution in [0.25, 0.3) is 33.4 Å². The lowest BCUT2D eigenvalue weighted by molar-refractivity contribution is 0.122. The zero-order valence-corrected chi connectivity index (χ0v) is 18.6. The molecule has 5 heterocycles. The molecule has 4 aromatic rings. The first-order valence-corrected chi connectivity index (χ1v) is 12.1. The number of rotatable bonds is 4. The molecule has 0 aromatic carbocycles. The molecule has 10 heteroatoms. The lowest BCUT2D eigenvalue weighted by atomic mass is 9.98. The molecule has 0 atom stereocenters. The van der Waals surface area contributed by atoms with E-state index >= 15 is 0 Å². The number of sulfone groups is 1. The minimum atomic E-state index is -3.40. The average molecular weight is 451 g/mol. The van der Waals surface area contributed by atoms with Crippen LogP contribution in [0.1, 0.15) is 5.56 Å². The molecule has 0 radical (unpaired) electrons. The van der Waals surface area contributed by atoms with Crippen molar-refractivity contribution in [1.82, 2.24) is 25.1 Å². The molecular weight excluding hydrogens is 428 g/mol. The van der Waals surface area contributed by atoms with Gasteiger partial charge in [-0.3, -0.25) is 10.1 Å². The molecular formula is C22H22N6O3S. The molecule has 9 nitrogen and oxygen atoms in total. The highest BCUT2D eigenvalue weighted by Gasteiger charge is 2.20. The fourth-order valence-electron chi connectivity index (χ4n) is 3.92. The lowest BCUT2D eigenvalue weighted by Gasteiger charge is -2.28. The molecule has 0 aliphatic carbocycles. The summed E-state index contributed by atoms with van der Waals surface area (Å²) in [5.74, 6) is 0.816. The van der Waals surface area contributed by atoms with Crippen LogP contribution in [0, 0.1) is 6.92 Å². The van der Waals surface area contributed by atoms with Crippen molar-refractivity contribution in [1.29, 1.82) is 0 Å². The molecule has 0 unspecified atom stereocenters. The molecule has 1 saturated heterocycles. The highest BCUT2D eigenvalue weighted by molar-refractivity contribution is 7.90. The van der Waals surface area contributed by atoms with Crippen LogP contribution in [0.3, 0.4) is 0 Å². The molecule has 1 fully saturated rings. The standard InChI is InChI=1S/C22H22N6O3S/c1-14-11-20(32(2,29)30)24-13-17(14)16-12-19(28-7-9-31-10-8-28)26-21-15(16)3-5-23-22(21)18-4-6-25-27-18/h3-6,11-13H,7-10H2,1-2H3,(H,25,27). The number of nitrogens with one attached hydrogen (secondary N) is 1. The fourth-order valence-corrected chi connectivity index (χ4v) is 4.55. The van der Waals surface area contributed by atoms with Gasteiger partial charge in [0.15, 0.2) is 14.9 Å². The minimum Gasteiger partial charge on any atom is -0.378 e. The largest absolute Gasteiger partial charge is 0.378 e. The number of morpholine rings is 1. The van der Waals surface area contributed by atoms with Crippen molar-refractivity contribution in [3.8, 4) is 22.5 Å². The van der Waals surface area contributed by atoms with Crippen LogP contribution in [-0.4, -0.2) is 66.1 Å². The number of aryl methyl sites for hydroxylation is 1. The Morgan fingerprint density at radius 2 is 1.88 bits per heavy atom. The normalized spacial score (nSPS) is 14.8. The van der Waals surface area contributed by atoms with Gasteiger partial charge in [0.2, 0.25) is 0 Å². The van der Waals surface area contributed by atoms with Crippen LogP contribution in [0.5, 0.6) is 0 Å². The van der Waals surface area contributed by atoms with Crippen LogP contribution >= 0.6 is 0 Å². The van der Waals surface area contributed by atoms with Crippen LogP contribution in [-0.2, 0) is 14.6 Å². The molecule has 4 aromatic heterocycles. The van der Waals surface area contributed by atoms with Gasteiger partial charge in [-0.1, -0.05) is 0 Å². The number of hydrogen-bond donors (Lipinski definition) is 1. The minimum absolute atomic E-state index is 0.0605. The van der Waals surface area contributed by atoms with Gasteiger partial charge in [0.25, 0.3) is 0 Å². The zero-order valence-electron chi connectivity index (χ0n) is 17.7. The zero-order chi connectivity index (χ0) is 22.3. The molecule has 0 bridgehead atoms. The van der Waals surface area contributed by atoms with Crippen molar-refractivity contribution >= 4 is 26.6 Å². The number of aromatic amines is 1. The van der Waals surface area contributed by atoms with Gasteiger partial charge in [0, 0.05) is 48.9 Å². The van der Waals surface area contributed by atoms with E-state index in [-0.39, 0.29) is 5.03 Å². The van der Waals surface area contributed by atoms with Gasteiger partial charge in [0.05, 0.1) is 18.9 Å². The predicted molar refractivity (Wildman–Crippen MR) is 121 cm³/mol. The first-order valence-electron chi connectivity index (χ1n) is 10.2. The number of hydrogen-bond acceptors (Lipinski definition) is 8. The summed E-state index contributed by atoms with van der Waals surface area (Å²) in [6, 6.07) is 7.43. The van der Waals surface area contributed by atoms with Crippen molar-refractivity contribution in [2.24, 2.45) is 0 Å². The number of nitrogens with zero attached hydrogens (tertiary/aromatic N) is 5. The summed E-state index contributed by atoms with van der Waals surface area (Å²) in [6.07, 6.45) is 6.21. The summed E-state index contributed by atoms with van der Waals surface area (Å²) in [7, 11) is -3.40. The molecule has 1 aliphatic heterocycles. The smallest absolute Gasteiger partial charge is 0.192 e. The topological polar surface area (TPSA) is 114 Å². The Bertz CT molecular complexity index is 1400. The van der Waals surface area contributed by atoms with E-state index in [2.05, 4.69) is 25.1 Å².